The van der Waals surface area contributed by atoms with Crippen molar-refractivity contribution in [2.75, 3.05) is 47.4 Å². The number of carbonyl (C=O) groups is 2. The summed E-state index contributed by atoms with van der Waals surface area (Å²) in [7, 11) is 0. The molecule has 0 radical (unpaired) electrons. The highest BCUT2D eigenvalue weighted by Gasteiger charge is 2.40. The average molecular weight is 792 g/mol. The fourth-order valence-electron chi connectivity index (χ4n) is 9.42. The number of anilines is 3. The molecule has 10 nitrogen and oxygen atoms in total. The topological polar surface area (TPSA) is 94.9 Å². The largest absolute Gasteiger partial charge is 0.366 e. The minimum Gasteiger partial charge on any atom is -0.366 e. The smallest absolute Gasteiger partial charge is 0.282 e. The molecule has 6 heterocycles. The van der Waals surface area contributed by atoms with Gasteiger partial charge in [-0.1, -0.05) is 29.8 Å². The maximum absolute atomic E-state index is 15.2. The van der Waals surface area contributed by atoms with Gasteiger partial charge in [0.25, 0.3) is 5.56 Å². The van der Waals surface area contributed by atoms with E-state index in [9.17, 15) is 14.4 Å². The summed E-state index contributed by atoms with van der Waals surface area (Å²) in [4.78, 5) is 54.9. The van der Waals surface area contributed by atoms with E-state index in [0.717, 1.165) is 65.8 Å². The van der Waals surface area contributed by atoms with Crippen LogP contribution >= 0.6 is 11.6 Å². The molecule has 57 heavy (non-hydrogen) atoms. The summed E-state index contributed by atoms with van der Waals surface area (Å²) in [5, 5.41) is 0.844. The summed E-state index contributed by atoms with van der Waals surface area (Å²) in [6, 6.07) is 19.2. The van der Waals surface area contributed by atoms with Gasteiger partial charge in [-0.2, -0.15) is 4.98 Å². The van der Waals surface area contributed by atoms with Crippen LogP contribution in [0.3, 0.4) is 0 Å². The molecular weight excluding hydrogens is 748 g/mol. The Morgan fingerprint density at radius 2 is 1.63 bits per heavy atom. The van der Waals surface area contributed by atoms with Crippen molar-refractivity contribution in [3.05, 3.63) is 116 Å². The molecule has 5 aromatic rings. The molecule has 0 aliphatic carbocycles. The molecule has 1 atom stereocenters. The van der Waals surface area contributed by atoms with Crippen molar-refractivity contribution in [1.29, 1.82) is 0 Å². The molecule has 3 fully saturated rings. The molecule has 4 aliphatic heterocycles. The lowest BCUT2D eigenvalue weighted by atomic mass is 9.85. The summed E-state index contributed by atoms with van der Waals surface area (Å²) in [5.74, 6) is -1.33. The number of piperazine rings is 1. The lowest BCUT2D eigenvalue weighted by molar-refractivity contribution is -0.129. The first-order chi connectivity index (χ1) is 27.4. The van der Waals surface area contributed by atoms with Crippen LogP contribution in [0.2, 0.25) is 5.02 Å². The van der Waals surface area contributed by atoms with E-state index in [4.69, 9.17) is 16.6 Å². The van der Waals surface area contributed by atoms with Gasteiger partial charge >= 0.3 is 0 Å². The number of halogens is 3. The molecule has 2 amide bonds. The number of rotatable bonds is 6. The zero-order chi connectivity index (χ0) is 39.7. The average Bonchev–Trinajstić information content (AvgIpc) is 3.41. The Hall–Kier alpha value is -5.20. The minimum absolute atomic E-state index is 0.0480. The first-order valence-electron chi connectivity index (χ1n) is 19.8. The predicted octanol–water partition coefficient (Wildman–Crippen LogP) is 7.49. The fraction of sp³-hybridized carbons (Fsp3) is 0.386. The molecular formula is C44H44ClF2N7O3. The number of piperidine rings is 2. The van der Waals surface area contributed by atoms with Gasteiger partial charge < -0.3 is 9.80 Å². The number of amides is 2. The van der Waals surface area contributed by atoms with E-state index in [0.29, 0.717) is 53.2 Å². The molecule has 0 N–H and O–H groups in total. The van der Waals surface area contributed by atoms with E-state index in [1.165, 1.54) is 12.1 Å². The lowest BCUT2D eigenvalue weighted by Gasteiger charge is -2.41. The van der Waals surface area contributed by atoms with E-state index in [2.05, 4.69) is 75.4 Å². The van der Waals surface area contributed by atoms with Crippen molar-refractivity contribution in [3.8, 4) is 5.69 Å². The molecule has 13 heteroatoms. The highest BCUT2D eigenvalue weighted by atomic mass is 35.5. The van der Waals surface area contributed by atoms with E-state index < -0.39 is 34.6 Å². The van der Waals surface area contributed by atoms with Gasteiger partial charge in [-0.15, -0.1) is 0 Å². The molecule has 3 saturated heterocycles. The zero-order valence-electron chi connectivity index (χ0n) is 32.3. The van der Waals surface area contributed by atoms with E-state index >= 15 is 8.78 Å². The zero-order valence-corrected chi connectivity index (χ0v) is 33.0. The van der Waals surface area contributed by atoms with Gasteiger partial charge in [0.15, 0.2) is 11.6 Å². The second-order valence-electron chi connectivity index (χ2n) is 16.4. The van der Waals surface area contributed by atoms with Crippen molar-refractivity contribution >= 4 is 51.5 Å². The molecule has 0 saturated carbocycles. The Morgan fingerprint density at radius 1 is 0.895 bits per heavy atom. The number of fused-ring (bicyclic) bond motifs is 5. The summed E-state index contributed by atoms with van der Waals surface area (Å²) in [5.41, 5.74) is 4.43. The monoisotopic (exact) mass is 791 g/mol. The minimum atomic E-state index is -0.875. The number of hydrogen-bond acceptors (Lipinski definition) is 8. The molecule has 9 rings (SSSR count). The van der Waals surface area contributed by atoms with Gasteiger partial charge in [0.05, 0.1) is 27.0 Å². The van der Waals surface area contributed by atoms with Crippen molar-refractivity contribution in [3.63, 3.8) is 0 Å². The van der Waals surface area contributed by atoms with Crippen LogP contribution in [0.15, 0.2) is 71.7 Å². The number of pyridine rings is 1. The Balaban J connectivity index is 0.830. The van der Waals surface area contributed by atoms with Crippen molar-refractivity contribution in [1.82, 2.24) is 19.4 Å². The highest BCUT2D eigenvalue weighted by molar-refractivity contribution is 6.35. The molecule has 0 spiro atoms. The molecule has 3 aromatic carbocycles. The predicted molar refractivity (Wildman–Crippen MR) is 218 cm³/mol. The normalized spacial score (nSPS) is 20.0. The quantitative estimate of drug-likeness (QED) is 0.164. The van der Waals surface area contributed by atoms with Crippen LogP contribution in [-0.2, 0) is 21.5 Å². The first-order valence-corrected chi connectivity index (χ1v) is 20.2. The SMILES string of the molecule is C[C@@H]1CN(Cc2ccc(N3CCC(c4cc(F)c(N5C(=O)CCCC5=O)c(F)c4)CC3)nc2)CCN1c1ccc2c(c1)-n1c(nc(=O)c3c(Cl)cccc31)C2(C)C. The second-order valence-corrected chi connectivity index (χ2v) is 16.8. The number of aromatic nitrogens is 3. The van der Waals surface area contributed by atoms with Crippen LogP contribution in [-0.4, -0.2) is 70.0 Å². The Bertz CT molecular complexity index is 2460. The van der Waals surface area contributed by atoms with Crippen molar-refractivity contribution in [2.45, 2.75) is 76.8 Å². The Labute approximate surface area is 334 Å². The van der Waals surface area contributed by atoms with Crippen LogP contribution in [0.5, 0.6) is 0 Å². The third-order valence-corrected chi connectivity index (χ3v) is 12.7. The van der Waals surface area contributed by atoms with Crippen LogP contribution in [0.4, 0.5) is 26.0 Å². The molecule has 2 aromatic heterocycles. The van der Waals surface area contributed by atoms with Crippen LogP contribution in [0, 0.1) is 11.6 Å². The summed E-state index contributed by atoms with van der Waals surface area (Å²) >= 11 is 6.50. The number of benzene rings is 3. The Morgan fingerprint density at radius 3 is 2.32 bits per heavy atom. The van der Waals surface area contributed by atoms with Gasteiger partial charge in [-0.25, -0.2) is 18.7 Å². The summed E-state index contributed by atoms with van der Waals surface area (Å²) < 4.78 is 32.5. The molecule has 0 bridgehead atoms. The molecule has 0 unspecified atom stereocenters. The van der Waals surface area contributed by atoms with Gasteiger partial charge in [0.1, 0.15) is 17.3 Å². The number of carbonyl (C=O) groups excluding carboxylic acids is 2. The summed E-state index contributed by atoms with van der Waals surface area (Å²) in [6.45, 7) is 11.3. The third-order valence-electron chi connectivity index (χ3n) is 12.4. The lowest BCUT2D eigenvalue weighted by Crippen LogP contribution is -2.51. The van der Waals surface area contributed by atoms with Crippen LogP contribution in [0.1, 0.15) is 81.3 Å². The van der Waals surface area contributed by atoms with Crippen LogP contribution in [0.25, 0.3) is 16.6 Å². The standard InChI is InChI=1S/C44H44ClF2N7O3/c1-26-24-50(18-19-52(26)30-11-12-31-36(22-30)53-35-7-4-6-32(45)40(35)42(57)49-43(53)44(31,2)3)25-27-10-13-37(48-23-27)51-16-14-28(15-17-51)29-20-33(46)41(34(47)21-29)54-38(55)8-5-9-39(54)56/h4,6-7,10-13,20-23,26,28H,5,8-9,14-19,24-25H2,1-3H3/t26-/m1/s1. The number of imide groups is 1. The second kappa shape index (κ2) is 14.3. The van der Waals surface area contributed by atoms with Gasteiger partial charge in [0.2, 0.25) is 11.8 Å². The number of nitrogens with zero attached hydrogens (tertiary/aromatic N) is 7. The highest BCUT2D eigenvalue weighted by Crippen LogP contribution is 2.45. The maximum atomic E-state index is 15.2. The first kappa shape index (κ1) is 37.4. The van der Waals surface area contributed by atoms with Crippen molar-refractivity contribution < 1.29 is 18.4 Å². The van der Waals surface area contributed by atoms with Gasteiger partial charge in [0, 0.05) is 70.0 Å². The van der Waals surface area contributed by atoms with E-state index in [1.54, 1.807) is 6.07 Å². The summed E-state index contributed by atoms with van der Waals surface area (Å²) in [6.07, 6.45) is 3.93. The van der Waals surface area contributed by atoms with Crippen molar-refractivity contribution in [2.24, 2.45) is 0 Å². The van der Waals surface area contributed by atoms with E-state index in [1.807, 2.05) is 18.3 Å². The molecule has 294 valence electrons. The molecule has 4 aliphatic rings. The fourth-order valence-corrected chi connectivity index (χ4v) is 9.67. The van der Waals surface area contributed by atoms with Gasteiger partial charge in [-0.05, 0) is 105 Å². The third kappa shape index (κ3) is 6.46. The maximum Gasteiger partial charge on any atom is 0.282 e. The van der Waals surface area contributed by atoms with Crippen LogP contribution < -0.4 is 20.3 Å². The Kier molecular flexibility index (Phi) is 9.39. The van der Waals surface area contributed by atoms with E-state index in [-0.39, 0.29) is 30.4 Å². The van der Waals surface area contributed by atoms with Gasteiger partial charge in [-0.3, -0.25) is 23.9 Å². The number of hydrogen-bond donors (Lipinski definition) is 0.